The van der Waals surface area contributed by atoms with Crippen LogP contribution in [0.15, 0.2) is 40.0 Å². The van der Waals surface area contributed by atoms with Gasteiger partial charge in [-0.3, -0.25) is 0 Å². The Labute approximate surface area is 140 Å². The van der Waals surface area contributed by atoms with E-state index in [-0.39, 0.29) is 0 Å². The molecule has 0 saturated carbocycles. The first-order valence-corrected chi connectivity index (χ1v) is 7.94. The van der Waals surface area contributed by atoms with Gasteiger partial charge < -0.3 is 10.2 Å². The van der Waals surface area contributed by atoms with Crippen LogP contribution >= 0.6 is 0 Å². The number of aromatic nitrogens is 4. The first-order chi connectivity index (χ1) is 11.7. The lowest BCUT2D eigenvalue weighted by molar-refractivity contribution is 0.496. The van der Waals surface area contributed by atoms with Crippen LogP contribution in [-0.2, 0) is 6.42 Å². The highest BCUT2D eigenvalue weighted by Crippen LogP contribution is 2.18. The van der Waals surface area contributed by atoms with E-state index in [1.54, 1.807) is 17.1 Å². The highest BCUT2D eigenvalue weighted by Gasteiger charge is 2.08. The van der Waals surface area contributed by atoms with E-state index >= 15 is 0 Å². The number of benzene rings is 1. The molecule has 0 spiro atoms. The molecule has 24 heavy (non-hydrogen) atoms. The standard InChI is InChI=1S/C17H20N6O/c1-3-4-5-15-21-22-16(24-15)14-8-6-13(7-9-14)10-19-23-11-12(2)20-17(23)18/h6-11H,3-5H2,1-2H3,(H2,18,20). The number of imidazole rings is 1. The fourth-order valence-electron chi connectivity index (χ4n) is 2.24. The van der Waals surface area contributed by atoms with E-state index in [0.717, 1.165) is 36.1 Å². The third-order valence-electron chi connectivity index (χ3n) is 3.53. The minimum Gasteiger partial charge on any atom is -0.421 e. The van der Waals surface area contributed by atoms with Crippen molar-refractivity contribution in [3.8, 4) is 11.5 Å². The smallest absolute Gasteiger partial charge is 0.247 e. The lowest BCUT2D eigenvalue weighted by Crippen LogP contribution is -1.96. The van der Waals surface area contributed by atoms with E-state index in [9.17, 15) is 0 Å². The molecular weight excluding hydrogens is 304 g/mol. The maximum absolute atomic E-state index is 5.75. The summed E-state index contributed by atoms with van der Waals surface area (Å²) in [5, 5.41) is 12.5. The molecule has 0 aliphatic rings. The molecule has 0 aliphatic heterocycles. The zero-order valence-corrected chi connectivity index (χ0v) is 13.8. The first kappa shape index (κ1) is 15.9. The van der Waals surface area contributed by atoms with Crippen molar-refractivity contribution in [3.63, 3.8) is 0 Å². The number of unbranched alkanes of at least 4 members (excludes halogenated alkanes) is 1. The van der Waals surface area contributed by atoms with E-state index in [1.807, 2.05) is 31.2 Å². The molecule has 0 amide bonds. The third kappa shape index (κ3) is 3.68. The van der Waals surface area contributed by atoms with Gasteiger partial charge in [-0.05, 0) is 31.0 Å². The van der Waals surface area contributed by atoms with Crippen molar-refractivity contribution >= 4 is 12.2 Å². The molecule has 1 aromatic carbocycles. The molecule has 0 aliphatic carbocycles. The zero-order valence-electron chi connectivity index (χ0n) is 13.8. The first-order valence-electron chi connectivity index (χ1n) is 7.94. The van der Waals surface area contributed by atoms with Gasteiger partial charge in [-0.1, -0.05) is 25.5 Å². The van der Waals surface area contributed by atoms with Crippen molar-refractivity contribution in [2.24, 2.45) is 5.10 Å². The second-order valence-corrected chi connectivity index (χ2v) is 5.56. The number of hydrogen-bond acceptors (Lipinski definition) is 6. The van der Waals surface area contributed by atoms with Crippen molar-refractivity contribution in [1.82, 2.24) is 19.9 Å². The topological polar surface area (TPSA) is 95.1 Å². The molecule has 7 nitrogen and oxygen atoms in total. The Kier molecular flexibility index (Phi) is 4.69. The maximum atomic E-state index is 5.75. The van der Waals surface area contributed by atoms with Crippen LogP contribution in [0, 0.1) is 6.92 Å². The minimum absolute atomic E-state index is 0.367. The third-order valence-corrected chi connectivity index (χ3v) is 3.53. The quantitative estimate of drug-likeness (QED) is 0.703. The van der Waals surface area contributed by atoms with E-state index in [4.69, 9.17) is 10.2 Å². The lowest BCUT2D eigenvalue weighted by atomic mass is 10.1. The highest BCUT2D eigenvalue weighted by molar-refractivity contribution is 5.80. The Balaban J connectivity index is 1.71. The average Bonchev–Trinajstić information content (AvgIpc) is 3.18. The van der Waals surface area contributed by atoms with Gasteiger partial charge in [0.05, 0.1) is 18.1 Å². The van der Waals surface area contributed by atoms with Gasteiger partial charge in [0, 0.05) is 12.0 Å². The van der Waals surface area contributed by atoms with E-state index < -0.39 is 0 Å². The molecule has 2 heterocycles. The Morgan fingerprint density at radius 3 is 2.71 bits per heavy atom. The molecule has 0 unspecified atom stereocenters. The van der Waals surface area contributed by atoms with Gasteiger partial charge >= 0.3 is 0 Å². The van der Waals surface area contributed by atoms with Gasteiger partial charge in [-0.15, -0.1) is 10.2 Å². The summed E-state index contributed by atoms with van der Waals surface area (Å²) >= 11 is 0. The minimum atomic E-state index is 0.367. The van der Waals surface area contributed by atoms with Crippen LogP contribution in [0.25, 0.3) is 11.5 Å². The van der Waals surface area contributed by atoms with Gasteiger partial charge in [0.15, 0.2) is 0 Å². The second kappa shape index (κ2) is 7.08. The largest absolute Gasteiger partial charge is 0.421 e. The number of hydrogen-bond donors (Lipinski definition) is 1. The Morgan fingerprint density at radius 2 is 2.04 bits per heavy atom. The predicted octanol–water partition coefficient (Wildman–Crippen LogP) is 3.05. The van der Waals surface area contributed by atoms with Gasteiger partial charge in [-0.2, -0.15) is 5.10 Å². The number of nitrogen functional groups attached to an aromatic ring is 1. The monoisotopic (exact) mass is 324 g/mol. The SMILES string of the molecule is CCCCc1nnc(-c2ccc(C=Nn3cc(C)nc3N)cc2)o1. The zero-order chi connectivity index (χ0) is 16.9. The Bertz CT molecular complexity index is 831. The molecule has 0 saturated heterocycles. The molecule has 3 rings (SSSR count). The Morgan fingerprint density at radius 1 is 1.25 bits per heavy atom. The number of nitrogens with zero attached hydrogens (tertiary/aromatic N) is 5. The summed E-state index contributed by atoms with van der Waals surface area (Å²) in [5.41, 5.74) is 8.41. The highest BCUT2D eigenvalue weighted by atomic mass is 16.4. The van der Waals surface area contributed by atoms with Crippen LogP contribution in [-0.4, -0.2) is 26.1 Å². The lowest BCUT2D eigenvalue weighted by Gasteiger charge is -1.98. The van der Waals surface area contributed by atoms with Crippen LogP contribution in [0.2, 0.25) is 0 Å². The van der Waals surface area contributed by atoms with Crippen LogP contribution in [0.4, 0.5) is 5.95 Å². The number of nitrogens with two attached hydrogens (primary N) is 1. The fraction of sp³-hybridized carbons (Fsp3) is 0.294. The molecule has 0 fully saturated rings. The van der Waals surface area contributed by atoms with Crippen LogP contribution in [0.1, 0.15) is 36.9 Å². The molecule has 0 atom stereocenters. The van der Waals surface area contributed by atoms with Crippen molar-refractivity contribution in [2.75, 3.05) is 5.73 Å². The molecule has 0 radical (unpaired) electrons. The number of aryl methyl sites for hydroxylation is 2. The summed E-state index contributed by atoms with van der Waals surface area (Å²) in [4.78, 5) is 4.10. The molecule has 2 aromatic heterocycles. The summed E-state index contributed by atoms with van der Waals surface area (Å²) in [6.07, 6.45) is 6.47. The Hall–Kier alpha value is -2.96. The maximum Gasteiger partial charge on any atom is 0.247 e. The van der Waals surface area contributed by atoms with E-state index in [2.05, 4.69) is 27.2 Å². The molecule has 0 bridgehead atoms. The van der Waals surface area contributed by atoms with E-state index in [1.165, 1.54) is 0 Å². The number of rotatable bonds is 6. The predicted molar refractivity (Wildman–Crippen MR) is 92.7 cm³/mol. The van der Waals surface area contributed by atoms with Crippen molar-refractivity contribution in [1.29, 1.82) is 0 Å². The van der Waals surface area contributed by atoms with E-state index in [0.29, 0.717) is 17.7 Å². The normalized spacial score (nSPS) is 11.4. The molecular formula is C17H20N6O. The van der Waals surface area contributed by atoms with Crippen molar-refractivity contribution < 1.29 is 4.42 Å². The summed E-state index contributed by atoms with van der Waals surface area (Å²) in [6, 6.07) is 7.74. The van der Waals surface area contributed by atoms with Gasteiger partial charge in [0.2, 0.25) is 17.7 Å². The van der Waals surface area contributed by atoms with Crippen LogP contribution < -0.4 is 5.73 Å². The van der Waals surface area contributed by atoms with Gasteiger partial charge in [0.1, 0.15) is 0 Å². The molecule has 124 valence electrons. The average molecular weight is 324 g/mol. The van der Waals surface area contributed by atoms with Crippen molar-refractivity contribution in [2.45, 2.75) is 33.1 Å². The summed E-state index contributed by atoms with van der Waals surface area (Å²) < 4.78 is 7.22. The summed E-state index contributed by atoms with van der Waals surface area (Å²) in [6.45, 7) is 4.01. The molecule has 7 heteroatoms. The fourth-order valence-corrected chi connectivity index (χ4v) is 2.24. The second-order valence-electron chi connectivity index (χ2n) is 5.56. The molecule has 2 N–H and O–H groups in total. The van der Waals surface area contributed by atoms with Gasteiger partial charge in [-0.25, -0.2) is 9.66 Å². The van der Waals surface area contributed by atoms with Crippen LogP contribution in [0.5, 0.6) is 0 Å². The van der Waals surface area contributed by atoms with Crippen LogP contribution in [0.3, 0.4) is 0 Å². The summed E-state index contributed by atoms with van der Waals surface area (Å²) in [5.74, 6) is 1.59. The molecule has 3 aromatic rings. The summed E-state index contributed by atoms with van der Waals surface area (Å²) in [7, 11) is 0. The van der Waals surface area contributed by atoms with Gasteiger partial charge in [0.25, 0.3) is 0 Å². The van der Waals surface area contributed by atoms with Crippen molar-refractivity contribution in [3.05, 3.63) is 47.6 Å². The number of anilines is 1.